The maximum Gasteiger partial charge on any atom is 0.317 e. The van der Waals surface area contributed by atoms with Crippen LogP contribution < -0.4 is 0 Å². The molecule has 0 aliphatic carbocycles. The van der Waals surface area contributed by atoms with Gasteiger partial charge >= 0.3 is 5.97 Å². The van der Waals surface area contributed by atoms with E-state index < -0.39 is 11.2 Å². The van der Waals surface area contributed by atoms with Crippen LogP contribution in [0.1, 0.15) is 38.9 Å². The number of carbonyl (C=O) groups is 1. The van der Waals surface area contributed by atoms with Gasteiger partial charge in [0.1, 0.15) is 11.1 Å². The molecule has 1 aromatic rings. The molecule has 90 valence electrons. The number of hydrogen-bond donors (Lipinski definition) is 1. The molecule has 1 N–H and O–H groups in total. The third-order valence-electron chi connectivity index (χ3n) is 2.10. The second-order valence-corrected chi connectivity index (χ2v) is 5.62. The van der Waals surface area contributed by atoms with E-state index in [1.54, 1.807) is 0 Å². The first kappa shape index (κ1) is 13.4. The molecule has 0 fully saturated rings. The van der Waals surface area contributed by atoms with E-state index in [4.69, 9.17) is 5.11 Å². The van der Waals surface area contributed by atoms with Crippen LogP contribution >= 0.6 is 23.3 Å². The summed E-state index contributed by atoms with van der Waals surface area (Å²) in [5, 5.41) is 8.67. The van der Waals surface area contributed by atoms with Crippen LogP contribution in [-0.2, 0) is 11.2 Å². The number of aromatic nitrogens is 2. The van der Waals surface area contributed by atoms with Crippen LogP contribution in [0.5, 0.6) is 0 Å². The molecule has 1 unspecified atom stereocenters. The second-order valence-electron chi connectivity index (χ2n) is 3.42. The Morgan fingerprint density at radius 2 is 2.31 bits per heavy atom. The van der Waals surface area contributed by atoms with Crippen LogP contribution in [0.25, 0.3) is 0 Å². The number of hydrogen-bond acceptors (Lipinski definition) is 5. The molecule has 0 aromatic carbocycles. The van der Waals surface area contributed by atoms with Crippen LogP contribution in [0.4, 0.5) is 0 Å². The molecule has 4 nitrogen and oxygen atoms in total. The maximum atomic E-state index is 11.0. The summed E-state index contributed by atoms with van der Waals surface area (Å²) < 4.78 is 4.91. The molecule has 0 saturated carbocycles. The van der Waals surface area contributed by atoms with Crippen LogP contribution in [0.15, 0.2) is 4.34 Å². The zero-order valence-corrected chi connectivity index (χ0v) is 11.1. The van der Waals surface area contributed by atoms with E-state index in [1.807, 2.05) is 6.92 Å². The molecule has 6 heteroatoms. The summed E-state index contributed by atoms with van der Waals surface area (Å²) in [7, 11) is 0. The summed E-state index contributed by atoms with van der Waals surface area (Å²) in [6, 6.07) is 0. The van der Waals surface area contributed by atoms with Crippen molar-refractivity contribution in [3.63, 3.8) is 0 Å². The second kappa shape index (κ2) is 6.85. The van der Waals surface area contributed by atoms with E-state index in [2.05, 4.69) is 16.3 Å². The highest BCUT2D eigenvalue weighted by Gasteiger charge is 2.20. The van der Waals surface area contributed by atoms with Gasteiger partial charge in [-0.3, -0.25) is 4.79 Å². The lowest BCUT2D eigenvalue weighted by molar-refractivity contribution is -0.136. The monoisotopic (exact) mass is 260 g/mol. The minimum Gasteiger partial charge on any atom is -0.480 e. The predicted molar refractivity (Wildman–Crippen MR) is 66.1 cm³/mol. The molecule has 0 radical (unpaired) electrons. The Bertz CT molecular complexity index is 341. The highest BCUT2D eigenvalue weighted by Crippen LogP contribution is 2.28. The largest absolute Gasteiger partial charge is 0.480 e. The minimum atomic E-state index is -0.758. The summed E-state index contributed by atoms with van der Waals surface area (Å²) in [4.78, 5) is 15.3. The standard InChI is InChI=1S/C10H16N2O2S2/c1-3-5-6-7(9(13)14)15-10-11-8(4-2)12-16-10/h7H,3-6H2,1-2H3,(H,13,14). The van der Waals surface area contributed by atoms with E-state index in [9.17, 15) is 4.79 Å². The van der Waals surface area contributed by atoms with Crippen LogP contribution in [0, 0.1) is 0 Å². The third kappa shape index (κ3) is 4.09. The summed E-state index contributed by atoms with van der Waals surface area (Å²) in [5.74, 6) is 0.0406. The molecule has 16 heavy (non-hydrogen) atoms. The first-order chi connectivity index (χ1) is 7.67. The number of unbranched alkanes of at least 4 members (excludes halogenated alkanes) is 1. The Morgan fingerprint density at radius 3 is 2.81 bits per heavy atom. The van der Waals surface area contributed by atoms with Crippen molar-refractivity contribution in [2.75, 3.05) is 0 Å². The van der Waals surface area contributed by atoms with Crippen molar-refractivity contribution in [3.05, 3.63) is 5.82 Å². The molecule has 1 atom stereocenters. The molecule has 0 saturated heterocycles. The first-order valence-electron chi connectivity index (χ1n) is 5.39. The highest BCUT2D eigenvalue weighted by molar-refractivity contribution is 8.02. The normalized spacial score (nSPS) is 12.6. The first-order valence-corrected chi connectivity index (χ1v) is 7.04. The number of carboxylic acids is 1. The molecule has 1 heterocycles. The van der Waals surface area contributed by atoms with Gasteiger partial charge in [-0.1, -0.05) is 38.5 Å². The van der Waals surface area contributed by atoms with Gasteiger partial charge < -0.3 is 5.11 Å². The number of carboxylic acid groups (broad SMARTS) is 1. The lowest BCUT2D eigenvalue weighted by Gasteiger charge is -2.08. The number of aliphatic carboxylic acids is 1. The fraction of sp³-hybridized carbons (Fsp3) is 0.700. The molecule has 1 rings (SSSR count). The fourth-order valence-electron chi connectivity index (χ4n) is 1.17. The van der Waals surface area contributed by atoms with Gasteiger partial charge in [0.15, 0.2) is 4.34 Å². The van der Waals surface area contributed by atoms with E-state index in [1.165, 1.54) is 23.3 Å². The molecule has 0 amide bonds. The van der Waals surface area contributed by atoms with Crippen molar-refractivity contribution in [2.24, 2.45) is 0 Å². The number of nitrogens with zero attached hydrogens (tertiary/aromatic N) is 2. The lowest BCUT2D eigenvalue weighted by Crippen LogP contribution is -2.15. The Hall–Kier alpha value is -0.620. The van der Waals surface area contributed by atoms with Crippen molar-refractivity contribution in [2.45, 2.75) is 49.1 Å². The summed E-state index contributed by atoms with van der Waals surface area (Å²) >= 11 is 2.61. The van der Waals surface area contributed by atoms with E-state index in [-0.39, 0.29) is 0 Å². The van der Waals surface area contributed by atoms with Gasteiger partial charge in [0, 0.05) is 6.42 Å². The molecule has 0 aliphatic heterocycles. The van der Waals surface area contributed by atoms with E-state index in [0.29, 0.717) is 6.42 Å². The average molecular weight is 260 g/mol. The van der Waals surface area contributed by atoms with Crippen LogP contribution in [-0.4, -0.2) is 25.7 Å². The molecule has 0 spiro atoms. The Balaban J connectivity index is 2.56. The minimum absolute atomic E-state index is 0.391. The van der Waals surface area contributed by atoms with Crippen LogP contribution in [0.2, 0.25) is 0 Å². The number of aryl methyl sites for hydroxylation is 1. The zero-order chi connectivity index (χ0) is 12.0. The molecule has 0 aliphatic rings. The van der Waals surface area contributed by atoms with Gasteiger partial charge in [-0.25, -0.2) is 4.98 Å². The topological polar surface area (TPSA) is 63.1 Å². The van der Waals surface area contributed by atoms with Gasteiger partial charge in [0.2, 0.25) is 0 Å². The Labute approximate surface area is 104 Å². The Kier molecular flexibility index (Phi) is 5.76. The summed E-state index contributed by atoms with van der Waals surface area (Å²) in [6.07, 6.45) is 3.44. The molecule has 1 aromatic heterocycles. The van der Waals surface area contributed by atoms with Crippen molar-refractivity contribution >= 4 is 29.3 Å². The van der Waals surface area contributed by atoms with Gasteiger partial charge in [-0.05, 0) is 18.0 Å². The quantitative estimate of drug-likeness (QED) is 0.764. The molecule has 0 bridgehead atoms. The SMILES string of the molecule is CCCCC(Sc1nc(CC)ns1)C(=O)O. The van der Waals surface area contributed by atoms with E-state index in [0.717, 1.165) is 29.4 Å². The van der Waals surface area contributed by atoms with Crippen molar-refractivity contribution in [1.29, 1.82) is 0 Å². The molecular formula is C10H16N2O2S2. The molecular weight excluding hydrogens is 244 g/mol. The van der Waals surface area contributed by atoms with Crippen molar-refractivity contribution in [3.8, 4) is 0 Å². The average Bonchev–Trinajstić information content (AvgIpc) is 2.71. The van der Waals surface area contributed by atoms with Gasteiger partial charge in [-0.2, -0.15) is 4.37 Å². The number of thioether (sulfide) groups is 1. The van der Waals surface area contributed by atoms with Gasteiger partial charge in [-0.15, -0.1) is 0 Å². The fourth-order valence-corrected chi connectivity index (χ4v) is 3.09. The lowest BCUT2D eigenvalue weighted by atomic mass is 10.2. The van der Waals surface area contributed by atoms with Gasteiger partial charge in [0.25, 0.3) is 0 Å². The van der Waals surface area contributed by atoms with E-state index >= 15 is 0 Å². The van der Waals surface area contributed by atoms with Gasteiger partial charge in [0.05, 0.1) is 0 Å². The zero-order valence-electron chi connectivity index (χ0n) is 9.47. The third-order valence-corrected chi connectivity index (χ3v) is 4.18. The number of rotatable bonds is 7. The maximum absolute atomic E-state index is 11.0. The predicted octanol–water partition coefficient (Wildman–Crippen LogP) is 2.84. The summed E-state index contributed by atoms with van der Waals surface area (Å²) in [5.41, 5.74) is 0. The van der Waals surface area contributed by atoms with Crippen molar-refractivity contribution in [1.82, 2.24) is 9.36 Å². The summed E-state index contributed by atoms with van der Waals surface area (Å²) in [6.45, 7) is 4.05. The highest BCUT2D eigenvalue weighted by atomic mass is 32.2. The smallest absolute Gasteiger partial charge is 0.317 e. The Morgan fingerprint density at radius 1 is 1.56 bits per heavy atom. The van der Waals surface area contributed by atoms with Crippen LogP contribution in [0.3, 0.4) is 0 Å². The van der Waals surface area contributed by atoms with Crippen molar-refractivity contribution < 1.29 is 9.90 Å².